The second-order valence-corrected chi connectivity index (χ2v) is 5.98. The van der Waals surface area contributed by atoms with Gasteiger partial charge < -0.3 is 4.90 Å². The minimum atomic E-state index is 0.600. The maximum atomic E-state index is 3.58. The summed E-state index contributed by atoms with van der Waals surface area (Å²) < 4.78 is 0. The maximum Gasteiger partial charge on any atom is 0.0396 e. The molecule has 0 saturated carbocycles. The Kier molecular flexibility index (Phi) is 4.50. The van der Waals surface area contributed by atoms with Crippen molar-refractivity contribution in [1.29, 1.82) is 0 Å². The van der Waals surface area contributed by atoms with Gasteiger partial charge in [-0.25, -0.2) is 0 Å². The highest BCUT2D eigenvalue weighted by Crippen LogP contribution is 2.28. The molecule has 2 rings (SSSR count). The van der Waals surface area contributed by atoms with Crippen LogP contribution in [0.25, 0.3) is 6.08 Å². The van der Waals surface area contributed by atoms with Gasteiger partial charge in [-0.2, -0.15) is 0 Å². The van der Waals surface area contributed by atoms with Crippen LogP contribution < -0.4 is 4.90 Å². The van der Waals surface area contributed by atoms with Gasteiger partial charge in [0.25, 0.3) is 0 Å². The van der Waals surface area contributed by atoms with Crippen LogP contribution in [0.4, 0.5) is 5.69 Å². The van der Waals surface area contributed by atoms with Gasteiger partial charge in [-0.15, -0.1) is 0 Å². The summed E-state index contributed by atoms with van der Waals surface area (Å²) in [5, 5.41) is 0.960. The molecule has 1 aliphatic heterocycles. The molecule has 0 atom stereocenters. The van der Waals surface area contributed by atoms with Gasteiger partial charge in [-0.05, 0) is 42.0 Å². The Labute approximate surface area is 119 Å². The number of hydrogen-bond donors (Lipinski definition) is 0. The van der Waals surface area contributed by atoms with Crippen molar-refractivity contribution in [3.63, 3.8) is 0 Å². The number of alkyl halides is 1. The summed E-state index contributed by atoms with van der Waals surface area (Å²) in [6, 6.07) is 6.87. The zero-order chi connectivity index (χ0) is 13.1. The van der Waals surface area contributed by atoms with Gasteiger partial charge in [-0.3, -0.25) is 0 Å². The van der Waals surface area contributed by atoms with Crippen molar-refractivity contribution in [2.45, 2.75) is 26.7 Å². The summed E-state index contributed by atoms with van der Waals surface area (Å²) in [4.78, 5) is 2.36. The molecule has 0 bridgehead atoms. The van der Waals surface area contributed by atoms with E-state index in [0.717, 1.165) is 5.33 Å². The molecule has 2 heteroatoms. The van der Waals surface area contributed by atoms with Crippen LogP contribution >= 0.6 is 15.9 Å². The lowest BCUT2D eigenvalue weighted by Crippen LogP contribution is -2.24. The van der Waals surface area contributed by atoms with E-state index in [4.69, 9.17) is 0 Å². The first-order valence-corrected chi connectivity index (χ1v) is 7.84. The summed E-state index contributed by atoms with van der Waals surface area (Å²) in [6.45, 7) is 5.68. The molecule has 0 aliphatic carbocycles. The van der Waals surface area contributed by atoms with E-state index in [1.807, 2.05) is 0 Å². The van der Waals surface area contributed by atoms with E-state index >= 15 is 0 Å². The highest BCUT2D eigenvalue weighted by atomic mass is 79.9. The standard InChI is InChI=1S/C16H22BrN/c1-12(2)15(11-17)10-13-6-7-16-14(9-13)5-4-8-18(16)3/h6-7,9-10,12H,4-5,8,11H2,1-3H3. The third-order valence-corrected chi connectivity index (χ3v) is 4.35. The first-order chi connectivity index (χ1) is 8.61. The molecule has 1 aliphatic rings. The number of benzene rings is 1. The molecular weight excluding hydrogens is 286 g/mol. The number of nitrogens with zero attached hydrogens (tertiary/aromatic N) is 1. The largest absolute Gasteiger partial charge is 0.374 e. The first kappa shape index (κ1) is 13.7. The Balaban J connectivity index is 2.31. The monoisotopic (exact) mass is 307 g/mol. The van der Waals surface area contributed by atoms with E-state index < -0.39 is 0 Å². The van der Waals surface area contributed by atoms with E-state index in [2.05, 4.69) is 66.0 Å². The number of anilines is 1. The summed E-state index contributed by atoms with van der Waals surface area (Å²) in [7, 11) is 2.19. The molecule has 0 amide bonds. The van der Waals surface area contributed by atoms with Gasteiger partial charge in [0.2, 0.25) is 0 Å². The Hall–Kier alpha value is -0.760. The molecule has 0 unspecified atom stereocenters. The van der Waals surface area contributed by atoms with Crippen LogP contribution in [0.3, 0.4) is 0 Å². The second kappa shape index (κ2) is 5.92. The van der Waals surface area contributed by atoms with Crippen molar-refractivity contribution < 1.29 is 0 Å². The molecule has 0 spiro atoms. The third kappa shape index (κ3) is 2.97. The minimum absolute atomic E-state index is 0.600. The van der Waals surface area contributed by atoms with E-state index in [0.29, 0.717) is 5.92 Å². The number of aryl methyl sites for hydroxylation is 1. The van der Waals surface area contributed by atoms with Gasteiger partial charge >= 0.3 is 0 Å². The molecule has 98 valence electrons. The topological polar surface area (TPSA) is 3.24 Å². The predicted octanol–water partition coefficient (Wildman–Crippen LogP) is 4.50. The lowest BCUT2D eigenvalue weighted by atomic mass is 9.97. The smallest absolute Gasteiger partial charge is 0.0396 e. The third-order valence-electron chi connectivity index (χ3n) is 3.70. The zero-order valence-electron chi connectivity index (χ0n) is 11.5. The quantitative estimate of drug-likeness (QED) is 0.743. The van der Waals surface area contributed by atoms with E-state index in [1.165, 1.54) is 41.8 Å². The molecule has 18 heavy (non-hydrogen) atoms. The Bertz CT molecular complexity index is 448. The van der Waals surface area contributed by atoms with Gasteiger partial charge in [0.05, 0.1) is 0 Å². The Morgan fingerprint density at radius 3 is 2.89 bits per heavy atom. The average molecular weight is 308 g/mol. The molecule has 1 nitrogen and oxygen atoms in total. The maximum absolute atomic E-state index is 3.58. The molecule has 1 aromatic rings. The summed E-state index contributed by atoms with van der Waals surface area (Å²) in [5.41, 5.74) is 5.70. The van der Waals surface area contributed by atoms with E-state index in [9.17, 15) is 0 Å². The fourth-order valence-corrected chi connectivity index (χ4v) is 3.28. The van der Waals surface area contributed by atoms with Crippen molar-refractivity contribution in [1.82, 2.24) is 0 Å². The number of fused-ring (bicyclic) bond motifs is 1. The molecule has 0 aromatic heterocycles. The number of allylic oxidation sites excluding steroid dienone is 1. The molecule has 0 radical (unpaired) electrons. The second-order valence-electron chi connectivity index (χ2n) is 5.42. The van der Waals surface area contributed by atoms with E-state index in [-0.39, 0.29) is 0 Å². The van der Waals surface area contributed by atoms with Crippen LogP contribution in [0.15, 0.2) is 23.8 Å². The summed E-state index contributed by atoms with van der Waals surface area (Å²) >= 11 is 3.58. The fourth-order valence-electron chi connectivity index (χ4n) is 2.47. The molecule has 1 heterocycles. The van der Waals surface area contributed by atoms with Crippen molar-refractivity contribution in [2.24, 2.45) is 5.92 Å². The van der Waals surface area contributed by atoms with Crippen molar-refractivity contribution in [3.8, 4) is 0 Å². The van der Waals surface area contributed by atoms with Crippen LogP contribution in [0, 0.1) is 5.92 Å². The molecule has 0 saturated heterocycles. The lowest BCUT2D eigenvalue weighted by Gasteiger charge is -2.27. The Morgan fingerprint density at radius 1 is 1.44 bits per heavy atom. The van der Waals surface area contributed by atoms with E-state index in [1.54, 1.807) is 0 Å². The van der Waals surface area contributed by atoms with Crippen molar-refractivity contribution in [2.75, 3.05) is 23.8 Å². The van der Waals surface area contributed by atoms with Gasteiger partial charge in [0.15, 0.2) is 0 Å². The average Bonchev–Trinajstić information content (AvgIpc) is 2.35. The minimum Gasteiger partial charge on any atom is -0.374 e. The fraction of sp³-hybridized carbons (Fsp3) is 0.500. The predicted molar refractivity (Wildman–Crippen MR) is 84.6 cm³/mol. The highest BCUT2D eigenvalue weighted by molar-refractivity contribution is 9.09. The van der Waals surface area contributed by atoms with Crippen LogP contribution in [-0.4, -0.2) is 18.9 Å². The molecule has 1 aromatic carbocycles. The zero-order valence-corrected chi connectivity index (χ0v) is 13.1. The van der Waals surface area contributed by atoms with Crippen LogP contribution in [0.5, 0.6) is 0 Å². The van der Waals surface area contributed by atoms with Crippen LogP contribution in [0.1, 0.15) is 31.4 Å². The van der Waals surface area contributed by atoms with Gasteiger partial charge in [0, 0.05) is 24.6 Å². The van der Waals surface area contributed by atoms with Gasteiger partial charge in [-0.1, -0.05) is 47.5 Å². The highest BCUT2D eigenvalue weighted by Gasteiger charge is 2.13. The normalized spacial score (nSPS) is 16.1. The number of halogens is 1. The summed E-state index contributed by atoms with van der Waals surface area (Å²) in [5.74, 6) is 0.600. The molecular formula is C16H22BrN. The van der Waals surface area contributed by atoms with Gasteiger partial charge in [0.1, 0.15) is 0 Å². The molecule has 0 fully saturated rings. The van der Waals surface area contributed by atoms with Crippen molar-refractivity contribution in [3.05, 3.63) is 34.9 Å². The first-order valence-electron chi connectivity index (χ1n) is 6.72. The number of rotatable bonds is 3. The molecule has 0 N–H and O–H groups in total. The number of hydrogen-bond acceptors (Lipinski definition) is 1. The summed E-state index contributed by atoms with van der Waals surface area (Å²) in [6.07, 6.45) is 4.81. The SMILES string of the molecule is CC(C)C(=Cc1ccc2c(c1)CCCN2C)CBr. The van der Waals surface area contributed by atoms with Crippen LogP contribution in [0.2, 0.25) is 0 Å². The van der Waals surface area contributed by atoms with Crippen LogP contribution in [-0.2, 0) is 6.42 Å². The lowest BCUT2D eigenvalue weighted by molar-refractivity contribution is 0.744. The van der Waals surface area contributed by atoms with Crippen molar-refractivity contribution >= 4 is 27.7 Å². The Morgan fingerprint density at radius 2 is 2.22 bits per heavy atom.